The lowest BCUT2D eigenvalue weighted by Gasteiger charge is -2.49. The molecular weight excluding hydrogens is 256 g/mol. The monoisotopic (exact) mass is 294 g/mol. The van der Waals surface area contributed by atoms with Crippen molar-refractivity contribution in [2.75, 3.05) is 13.1 Å². The molecule has 124 valence electrons. The second-order valence-electron chi connectivity index (χ2n) is 8.23. The maximum Gasteiger partial charge on any atom is 0.0247 e. The van der Waals surface area contributed by atoms with E-state index < -0.39 is 0 Å². The molecule has 0 radical (unpaired) electrons. The molecule has 0 spiro atoms. The van der Waals surface area contributed by atoms with E-state index in [4.69, 9.17) is 0 Å². The smallest absolute Gasteiger partial charge is 0.0247 e. The number of piperazine rings is 1. The summed E-state index contributed by atoms with van der Waals surface area (Å²) in [7, 11) is 0. The molecule has 0 bridgehead atoms. The third-order valence-electron chi connectivity index (χ3n) is 5.98. The van der Waals surface area contributed by atoms with E-state index in [-0.39, 0.29) is 0 Å². The van der Waals surface area contributed by atoms with Crippen molar-refractivity contribution >= 4 is 0 Å². The van der Waals surface area contributed by atoms with Crippen molar-refractivity contribution in [3.8, 4) is 0 Å². The van der Waals surface area contributed by atoms with E-state index in [1.54, 1.807) is 0 Å². The van der Waals surface area contributed by atoms with Crippen molar-refractivity contribution in [1.29, 1.82) is 0 Å². The first kappa shape index (κ1) is 17.3. The highest BCUT2D eigenvalue weighted by molar-refractivity contribution is 4.93. The predicted molar refractivity (Wildman–Crippen MR) is 92.6 cm³/mol. The fourth-order valence-corrected chi connectivity index (χ4v) is 4.47. The van der Waals surface area contributed by atoms with Crippen LogP contribution in [-0.2, 0) is 0 Å². The summed E-state index contributed by atoms with van der Waals surface area (Å²) in [5.41, 5.74) is 0. The highest BCUT2D eigenvalue weighted by Crippen LogP contribution is 2.33. The molecule has 2 unspecified atom stereocenters. The van der Waals surface area contributed by atoms with Gasteiger partial charge in [0.15, 0.2) is 0 Å². The number of rotatable bonds is 5. The summed E-state index contributed by atoms with van der Waals surface area (Å²) in [4.78, 5) is 2.90. The lowest BCUT2D eigenvalue weighted by atomic mass is 9.81. The first-order chi connectivity index (χ1) is 10.0. The molecule has 1 N–H and O–H groups in total. The Kier molecular flexibility index (Phi) is 6.55. The van der Waals surface area contributed by atoms with Gasteiger partial charge < -0.3 is 5.32 Å². The molecule has 2 heteroatoms. The molecule has 1 aliphatic carbocycles. The van der Waals surface area contributed by atoms with Crippen LogP contribution in [0.4, 0.5) is 0 Å². The van der Waals surface area contributed by atoms with Crippen molar-refractivity contribution in [2.45, 2.75) is 91.3 Å². The summed E-state index contributed by atoms with van der Waals surface area (Å²) < 4.78 is 0. The van der Waals surface area contributed by atoms with Crippen molar-refractivity contribution < 1.29 is 0 Å². The van der Waals surface area contributed by atoms with Gasteiger partial charge in [-0.3, -0.25) is 4.90 Å². The van der Waals surface area contributed by atoms with Gasteiger partial charge in [-0.2, -0.15) is 0 Å². The Morgan fingerprint density at radius 1 is 1.00 bits per heavy atom. The lowest BCUT2D eigenvalue weighted by molar-refractivity contribution is 0.0235. The average Bonchev–Trinajstić information content (AvgIpc) is 2.47. The van der Waals surface area contributed by atoms with Crippen LogP contribution in [0.1, 0.15) is 73.1 Å². The van der Waals surface area contributed by atoms with Crippen LogP contribution >= 0.6 is 0 Å². The predicted octanol–water partition coefficient (Wildman–Crippen LogP) is 4.30. The minimum atomic E-state index is 0.688. The molecule has 2 nitrogen and oxygen atoms in total. The standard InChI is InChI=1S/C19H38N2/c1-6-7-16-8-10-17(11-9-16)21-13-18(14(2)3)20-12-19(21)15(4)5/h14-20H,6-13H2,1-5H3. The first-order valence-corrected chi connectivity index (χ1v) is 9.52. The molecule has 0 amide bonds. The normalized spacial score (nSPS) is 35.6. The van der Waals surface area contributed by atoms with E-state index in [9.17, 15) is 0 Å². The summed E-state index contributed by atoms with van der Waals surface area (Å²) in [5, 5.41) is 3.81. The third kappa shape index (κ3) is 4.45. The molecule has 1 aliphatic heterocycles. The van der Waals surface area contributed by atoms with Crippen LogP contribution in [0.25, 0.3) is 0 Å². The van der Waals surface area contributed by atoms with Gasteiger partial charge in [-0.25, -0.2) is 0 Å². The molecule has 0 aromatic carbocycles. The summed E-state index contributed by atoms with van der Waals surface area (Å²) in [5.74, 6) is 2.53. The van der Waals surface area contributed by atoms with E-state index in [0.717, 1.165) is 29.8 Å². The van der Waals surface area contributed by atoms with E-state index in [1.807, 2.05) is 0 Å². The first-order valence-electron chi connectivity index (χ1n) is 9.52. The van der Waals surface area contributed by atoms with Crippen LogP contribution < -0.4 is 5.32 Å². The minimum absolute atomic E-state index is 0.688. The maximum absolute atomic E-state index is 3.81. The zero-order valence-corrected chi connectivity index (χ0v) is 15.1. The van der Waals surface area contributed by atoms with Gasteiger partial charge in [0.05, 0.1) is 0 Å². The lowest BCUT2D eigenvalue weighted by Crippen LogP contribution is -2.62. The Labute approximate surface area is 133 Å². The number of nitrogens with one attached hydrogen (secondary N) is 1. The fourth-order valence-electron chi connectivity index (χ4n) is 4.47. The highest BCUT2D eigenvalue weighted by Gasteiger charge is 2.36. The van der Waals surface area contributed by atoms with E-state index in [2.05, 4.69) is 44.8 Å². The molecule has 2 fully saturated rings. The molecule has 2 rings (SSSR count). The molecule has 0 aromatic heterocycles. The zero-order valence-electron chi connectivity index (χ0n) is 15.1. The molecule has 2 aliphatic rings. The molecule has 0 aromatic rings. The number of hydrogen-bond acceptors (Lipinski definition) is 2. The Morgan fingerprint density at radius 2 is 1.67 bits per heavy atom. The summed E-state index contributed by atoms with van der Waals surface area (Å²) in [6, 6.07) is 2.29. The van der Waals surface area contributed by atoms with Gasteiger partial charge in [0, 0.05) is 31.2 Å². The third-order valence-corrected chi connectivity index (χ3v) is 5.98. The minimum Gasteiger partial charge on any atom is -0.311 e. The largest absolute Gasteiger partial charge is 0.311 e. The molecule has 1 saturated carbocycles. The number of nitrogens with zero attached hydrogens (tertiary/aromatic N) is 1. The quantitative estimate of drug-likeness (QED) is 0.813. The fraction of sp³-hybridized carbons (Fsp3) is 1.00. The van der Waals surface area contributed by atoms with Gasteiger partial charge >= 0.3 is 0 Å². The van der Waals surface area contributed by atoms with Crippen LogP contribution in [-0.4, -0.2) is 36.1 Å². The Morgan fingerprint density at radius 3 is 2.19 bits per heavy atom. The second-order valence-corrected chi connectivity index (χ2v) is 8.23. The summed E-state index contributed by atoms with van der Waals surface area (Å²) in [6.45, 7) is 14.3. The molecule has 1 heterocycles. The van der Waals surface area contributed by atoms with Gasteiger partial charge in [-0.05, 0) is 43.4 Å². The van der Waals surface area contributed by atoms with Crippen molar-refractivity contribution in [3.63, 3.8) is 0 Å². The van der Waals surface area contributed by atoms with E-state index in [1.165, 1.54) is 51.6 Å². The average molecular weight is 295 g/mol. The van der Waals surface area contributed by atoms with Gasteiger partial charge in [0.25, 0.3) is 0 Å². The van der Waals surface area contributed by atoms with E-state index >= 15 is 0 Å². The molecule has 1 saturated heterocycles. The maximum atomic E-state index is 3.81. The summed E-state index contributed by atoms with van der Waals surface area (Å²) in [6.07, 6.45) is 8.65. The van der Waals surface area contributed by atoms with Crippen LogP contribution in [0.15, 0.2) is 0 Å². The van der Waals surface area contributed by atoms with Crippen LogP contribution in [0.2, 0.25) is 0 Å². The van der Waals surface area contributed by atoms with Crippen molar-refractivity contribution in [1.82, 2.24) is 10.2 Å². The summed E-state index contributed by atoms with van der Waals surface area (Å²) >= 11 is 0. The number of hydrogen-bond donors (Lipinski definition) is 1. The molecule has 21 heavy (non-hydrogen) atoms. The Hall–Kier alpha value is -0.0800. The second kappa shape index (κ2) is 7.97. The van der Waals surface area contributed by atoms with Crippen molar-refractivity contribution in [2.24, 2.45) is 17.8 Å². The van der Waals surface area contributed by atoms with Crippen LogP contribution in [0, 0.1) is 17.8 Å². The highest BCUT2D eigenvalue weighted by atomic mass is 15.3. The van der Waals surface area contributed by atoms with Gasteiger partial charge in [-0.1, -0.05) is 47.5 Å². The van der Waals surface area contributed by atoms with Gasteiger partial charge in [0.1, 0.15) is 0 Å². The molecule has 2 atom stereocenters. The van der Waals surface area contributed by atoms with Crippen LogP contribution in [0.5, 0.6) is 0 Å². The SMILES string of the molecule is CCCC1CCC(N2CC(C(C)C)NCC2C(C)C)CC1. The van der Waals surface area contributed by atoms with Gasteiger partial charge in [0.2, 0.25) is 0 Å². The molecular formula is C19H38N2. The van der Waals surface area contributed by atoms with Crippen molar-refractivity contribution in [3.05, 3.63) is 0 Å². The Balaban J connectivity index is 1.96. The zero-order chi connectivity index (χ0) is 15.4. The van der Waals surface area contributed by atoms with E-state index in [0.29, 0.717) is 6.04 Å². The Bertz CT molecular complexity index is 292. The van der Waals surface area contributed by atoms with Crippen LogP contribution in [0.3, 0.4) is 0 Å². The van der Waals surface area contributed by atoms with Gasteiger partial charge in [-0.15, -0.1) is 0 Å². The topological polar surface area (TPSA) is 15.3 Å².